The van der Waals surface area contributed by atoms with Crippen LogP contribution >= 0.6 is 11.6 Å². The summed E-state index contributed by atoms with van der Waals surface area (Å²) in [7, 11) is 0. The number of nitrogens with zero attached hydrogens (tertiary/aromatic N) is 1. The summed E-state index contributed by atoms with van der Waals surface area (Å²) in [6.45, 7) is 1.66. The number of oxazole rings is 1. The van der Waals surface area contributed by atoms with Gasteiger partial charge in [-0.05, 0) is 0 Å². The summed E-state index contributed by atoms with van der Waals surface area (Å²) in [5, 5.41) is 0.0793. The Balaban J connectivity index is 2.92. The Morgan fingerprint density at radius 1 is 1.62 bits per heavy atom. The first-order chi connectivity index (χ1) is 6.09. The zero-order chi connectivity index (χ0) is 9.59. The van der Waals surface area contributed by atoms with E-state index in [1.165, 1.54) is 6.07 Å². The molecule has 0 amide bonds. The highest BCUT2D eigenvalue weighted by Gasteiger charge is 2.13. The predicted octanol–water partition coefficient (Wildman–Crippen LogP) is 2.51. The lowest BCUT2D eigenvalue weighted by Gasteiger charge is -1.98. The third kappa shape index (κ3) is 1.14. The summed E-state index contributed by atoms with van der Waals surface area (Å²) >= 11 is 5.75. The average Bonchev–Trinajstić information content (AvgIpc) is 2.42. The summed E-state index contributed by atoms with van der Waals surface area (Å²) in [6.07, 6.45) is 0. The molecule has 0 saturated heterocycles. The highest BCUT2D eigenvalue weighted by atomic mass is 35.5. The Labute approximate surface area is 78.3 Å². The van der Waals surface area contributed by atoms with Crippen molar-refractivity contribution in [3.05, 3.63) is 22.8 Å². The van der Waals surface area contributed by atoms with Gasteiger partial charge in [-0.3, -0.25) is 0 Å². The van der Waals surface area contributed by atoms with Crippen LogP contribution in [0.4, 0.5) is 10.1 Å². The lowest BCUT2D eigenvalue weighted by atomic mass is 10.3. The lowest BCUT2D eigenvalue weighted by molar-refractivity contribution is 0.560. The molecular weight excluding hydrogens is 195 g/mol. The molecule has 1 heterocycles. The topological polar surface area (TPSA) is 52.0 Å². The molecule has 0 bridgehead atoms. The number of anilines is 1. The van der Waals surface area contributed by atoms with Gasteiger partial charge in [-0.1, -0.05) is 11.6 Å². The average molecular weight is 201 g/mol. The number of aromatic nitrogens is 1. The third-order valence-electron chi connectivity index (χ3n) is 1.72. The van der Waals surface area contributed by atoms with Gasteiger partial charge in [-0.15, -0.1) is 0 Å². The maximum Gasteiger partial charge on any atom is 0.192 e. The quantitative estimate of drug-likeness (QED) is 0.665. The number of benzene rings is 1. The number of nitrogen functional groups attached to an aromatic ring is 1. The highest BCUT2D eigenvalue weighted by molar-refractivity contribution is 6.37. The molecule has 0 unspecified atom stereocenters. The predicted molar refractivity (Wildman–Crippen MR) is 48.1 cm³/mol. The first kappa shape index (κ1) is 8.31. The molecule has 0 radical (unpaired) electrons. The highest BCUT2D eigenvalue weighted by Crippen LogP contribution is 2.31. The van der Waals surface area contributed by atoms with Crippen LogP contribution < -0.4 is 5.73 Å². The summed E-state index contributed by atoms with van der Waals surface area (Å²) < 4.78 is 18.2. The van der Waals surface area contributed by atoms with Crippen molar-refractivity contribution in [3.63, 3.8) is 0 Å². The van der Waals surface area contributed by atoms with Gasteiger partial charge in [0.25, 0.3) is 0 Å². The number of aryl methyl sites for hydroxylation is 1. The molecule has 0 aliphatic carbocycles. The van der Waals surface area contributed by atoms with Gasteiger partial charge in [0.15, 0.2) is 11.5 Å². The van der Waals surface area contributed by atoms with Gasteiger partial charge in [-0.25, -0.2) is 9.37 Å². The fraction of sp³-hybridized carbons (Fsp3) is 0.125. The van der Waals surface area contributed by atoms with Crippen molar-refractivity contribution in [3.8, 4) is 0 Å². The van der Waals surface area contributed by atoms with Crippen LogP contribution in [0.15, 0.2) is 10.5 Å². The minimum Gasteiger partial charge on any atom is -0.439 e. The van der Waals surface area contributed by atoms with Crippen molar-refractivity contribution in [2.24, 2.45) is 0 Å². The molecule has 2 N–H and O–H groups in total. The van der Waals surface area contributed by atoms with E-state index in [1.54, 1.807) is 6.92 Å². The van der Waals surface area contributed by atoms with E-state index in [2.05, 4.69) is 4.98 Å². The standard InChI is InChI=1S/C8H6ClFN2O/c1-3-12-5-2-4(10)7(11)6(9)8(5)13-3/h2H,11H2,1H3. The molecular formula is C8H6ClFN2O. The Morgan fingerprint density at radius 2 is 2.31 bits per heavy atom. The van der Waals surface area contributed by atoms with E-state index >= 15 is 0 Å². The lowest BCUT2D eigenvalue weighted by Crippen LogP contribution is -1.91. The Hall–Kier alpha value is -1.29. The monoisotopic (exact) mass is 200 g/mol. The second-order valence-electron chi connectivity index (χ2n) is 2.67. The molecule has 0 atom stereocenters. The number of hydrogen-bond acceptors (Lipinski definition) is 3. The largest absolute Gasteiger partial charge is 0.439 e. The van der Waals surface area contributed by atoms with Gasteiger partial charge in [0.2, 0.25) is 0 Å². The fourth-order valence-electron chi connectivity index (χ4n) is 1.12. The molecule has 5 heteroatoms. The number of nitrogens with two attached hydrogens (primary N) is 1. The van der Waals surface area contributed by atoms with Crippen LogP contribution in [0, 0.1) is 12.7 Å². The molecule has 0 spiro atoms. The van der Waals surface area contributed by atoms with Crippen LogP contribution in [0.3, 0.4) is 0 Å². The molecule has 0 aliphatic heterocycles. The second-order valence-corrected chi connectivity index (χ2v) is 3.05. The molecule has 13 heavy (non-hydrogen) atoms. The summed E-state index contributed by atoms with van der Waals surface area (Å²) in [5.74, 6) is -0.146. The van der Waals surface area contributed by atoms with Crippen molar-refractivity contribution in [2.75, 3.05) is 5.73 Å². The van der Waals surface area contributed by atoms with Gasteiger partial charge in [0, 0.05) is 13.0 Å². The number of hydrogen-bond donors (Lipinski definition) is 1. The normalized spacial score (nSPS) is 11.0. The molecule has 68 valence electrons. The van der Waals surface area contributed by atoms with E-state index in [0.29, 0.717) is 17.0 Å². The number of rotatable bonds is 0. The molecule has 1 aromatic carbocycles. The zero-order valence-electron chi connectivity index (χ0n) is 6.77. The van der Waals surface area contributed by atoms with E-state index < -0.39 is 5.82 Å². The maximum absolute atomic E-state index is 13.0. The number of halogens is 2. The summed E-state index contributed by atoms with van der Waals surface area (Å²) in [5.41, 5.74) is 5.97. The van der Waals surface area contributed by atoms with Crippen LogP contribution in [0.5, 0.6) is 0 Å². The molecule has 3 nitrogen and oxygen atoms in total. The Kier molecular flexibility index (Phi) is 1.66. The minimum absolute atomic E-state index is 0.0793. The van der Waals surface area contributed by atoms with Crippen molar-refractivity contribution >= 4 is 28.4 Å². The van der Waals surface area contributed by atoms with Crippen LogP contribution in [0.2, 0.25) is 5.02 Å². The van der Waals surface area contributed by atoms with Gasteiger partial charge in [0.1, 0.15) is 16.4 Å². The van der Waals surface area contributed by atoms with Crippen LogP contribution in [0.1, 0.15) is 5.89 Å². The van der Waals surface area contributed by atoms with Gasteiger partial charge in [-0.2, -0.15) is 0 Å². The number of fused-ring (bicyclic) bond motifs is 1. The van der Waals surface area contributed by atoms with E-state index in [0.717, 1.165) is 0 Å². The van der Waals surface area contributed by atoms with Crippen LogP contribution in [0.25, 0.3) is 11.1 Å². The zero-order valence-corrected chi connectivity index (χ0v) is 7.52. The summed E-state index contributed by atoms with van der Waals surface area (Å²) in [6, 6.07) is 1.20. The molecule has 0 saturated carbocycles. The van der Waals surface area contributed by atoms with E-state index in [9.17, 15) is 4.39 Å². The van der Waals surface area contributed by atoms with Crippen LogP contribution in [-0.4, -0.2) is 4.98 Å². The molecule has 2 aromatic rings. The summed E-state index contributed by atoms with van der Waals surface area (Å²) in [4.78, 5) is 3.93. The van der Waals surface area contributed by atoms with Crippen molar-refractivity contribution < 1.29 is 8.81 Å². The van der Waals surface area contributed by atoms with Gasteiger partial charge < -0.3 is 10.2 Å². The van der Waals surface area contributed by atoms with Crippen molar-refractivity contribution in [2.45, 2.75) is 6.92 Å². The first-order valence-electron chi connectivity index (χ1n) is 3.60. The van der Waals surface area contributed by atoms with Crippen LogP contribution in [-0.2, 0) is 0 Å². The smallest absolute Gasteiger partial charge is 0.192 e. The Bertz CT molecular complexity index is 480. The molecule has 2 rings (SSSR count). The minimum atomic E-state index is -0.578. The van der Waals surface area contributed by atoms with E-state index in [1.807, 2.05) is 0 Å². The maximum atomic E-state index is 13.0. The van der Waals surface area contributed by atoms with Crippen molar-refractivity contribution in [1.82, 2.24) is 4.98 Å². The third-order valence-corrected chi connectivity index (χ3v) is 2.09. The van der Waals surface area contributed by atoms with Gasteiger partial charge in [0.05, 0.1) is 5.69 Å². The molecule has 0 aliphatic rings. The fourth-order valence-corrected chi connectivity index (χ4v) is 1.35. The molecule has 0 fully saturated rings. The molecule has 1 aromatic heterocycles. The second kappa shape index (κ2) is 2.60. The van der Waals surface area contributed by atoms with Crippen molar-refractivity contribution in [1.29, 1.82) is 0 Å². The van der Waals surface area contributed by atoms with E-state index in [4.69, 9.17) is 21.8 Å². The van der Waals surface area contributed by atoms with E-state index in [-0.39, 0.29) is 10.7 Å². The first-order valence-corrected chi connectivity index (χ1v) is 3.98. The SMILES string of the molecule is Cc1nc2cc(F)c(N)c(Cl)c2o1. The van der Waals surface area contributed by atoms with Gasteiger partial charge >= 0.3 is 0 Å². The Morgan fingerprint density at radius 3 is 3.00 bits per heavy atom.